The Kier molecular flexibility index (Phi) is 7.12. The molecule has 0 bridgehead atoms. The number of hydrogen-bond donors (Lipinski definition) is 2. The molecule has 4 aromatic rings. The van der Waals surface area contributed by atoms with Gasteiger partial charge in [-0.15, -0.1) is 0 Å². The summed E-state index contributed by atoms with van der Waals surface area (Å²) < 4.78 is 26.3. The molecule has 0 fully saturated rings. The molecule has 11 heteroatoms. The minimum Gasteiger partial charge on any atom is -0.496 e. The van der Waals surface area contributed by atoms with Gasteiger partial charge in [0.1, 0.15) is 16.9 Å². The summed E-state index contributed by atoms with van der Waals surface area (Å²) in [6, 6.07) is 9.79. The van der Waals surface area contributed by atoms with Crippen molar-refractivity contribution in [2.24, 2.45) is 0 Å². The number of nitrogens with one attached hydrogen (secondary N) is 2. The van der Waals surface area contributed by atoms with Crippen molar-refractivity contribution in [1.29, 1.82) is 0 Å². The minimum atomic E-state index is -0.489. The van der Waals surface area contributed by atoms with Crippen molar-refractivity contribution < 1.29 is 23.5 Å². The van der Waals surface area contributed by atoms with E-state index in [-0.39, 0.29) is 0 Å². The van der Waals surface area contributed by atoms with E-state index in [1.54, 1.807) is 25.1 Å². The highest BCUT2D eigenvalue weighted by atomic mass is 32.2. The summed E-state index contributed by atoms with van der Waals surface area (Å²) >= 11 is 1.39. The van der Waals surface area contributed by atoms with Crippen LogP contribution in [0.2, 0.25) is 0 Å². The Morgan fingerprint density at radius 3 is 2.71 bits per heavy atom. The van der Waals surface area contributed by atoms with E-state index in [1.165, 1.54) is 19.1 Å². The van der Waals surface area contributed by atoms with E-state index in [9.17, 15) is 4.79 Å². The number of hydrogen-bond acceptors (Lipinski definition) is 9. The highest BCUT2D eigenvalue weighted by Gasteiger charge is 2.17. The number of ether oxygens (including phenoxy) is 3. The van der Waals surface area contributed by atoms with Crippen molar-refractivity contribution in [3.8, 4) is 11.5 Å². The first-order valence-corrected chi connectivity index (χ1v) is 11.2. The second-order valence-corrected chi connectivity index (χ2v) is 8.30. The van der Waals surface area contributed by atoms with Crippen molar-refractivity contribution in [2.75, 3.05) is 26.1 Å². The fourth-order valence-corrected chi connectivity index (χ4v) is 4.24. The number of aryl methyl sites for hydroxylation is 1. The van der Waals surface area contributed by atoms with Crippen LogP contribution >= 0.6 is 11.9 Å². The summed E-state index contributed by atoms with van der Waals surface area (Å²) in [5.74, 6) is 1.96. The normalized spacial score (nSPS) is 10.8. The van der Waals surface area contributed by atoms with Gasteiger partial charge in [-0.25, -0.2) is 4.79 Å². The van der Waals surface area contributed by atoms with Crippen molar-refractivity contribution in [3.05, 3.63) is 59.4 Å². The van der Waals surface area contributed by atoms with Gasteiger partial charge in [-0.1, -0.05) is 11.2 Å². The van der Waals surface area contributed by atoms with Gasteiger partial charge in [0.15, 0.2) is 11.4 Å². The largest absolute Gasteiger partial charge is 0.496 e. The molecule has 0 spiro atoms. The molecule has 2 aromatic heterocycles. The lowest BCUT2D eigenvalue weighted by Crippen LogP contribution is -2.21. The van der Waals surface area contributed by atoms with Gasteiger partial charge in [0.05, 0.1) is 39.0 Å². The zero-order valence-corrected chi connectivity index (χ0v) is 20.1. The molecule has 10 nitrogen and oxygen atoms in total. The van der Waals surface area contributed by atoms with Gasteiger partial charge in [0.25, 0.3) is 0 Å². The van der Waals surface area contributed by atoms with Crippen LogP contribution < -0.4 is 19.5 Å². The van der Waals surface area contributed by atoms with Crippen LogP contribution in [0.15, 0.2) is 52.1 Å². The summed E-state index contributed by atoms with van der Waals surface area (Å²) in [6.07, 6.45) is 3.06. The van der Waals surface area contributed by atoms with Gasteiger partial charge in [-0.05, 0) is 54.3 Å². The van der Waals surface area contributed by atoms with Gasteiger partial charge in [-0.3, -0.25) is 4.68 Å². The Hall–Kier alpha value is -3.86. The number of aromatic nitrogens is 3. The third kappa shape index (κ3) is 5.20. The average molecular weight is 484 g/mol. The third-order valence-corrected chi connectivity index (χ3v) is 5.88. The number of fused-ring (bicyclic) bond motifs is 1. The van der Waals surface area contributed by atoms with Crippen molar-refractivity contribution in [3.63, 3.8) is 0 Å². The summed E-state index contributed by atoms with van der Waals surface area (Å²) in [7, 11) is 4.57. The molecule has 1 amide bonds. The number of carbonyl (C=O) groups is 1. The molecule has 4 rings (SSSR count). The van der Waals surface area contributed by atoms with Crippen molar-refractivity contribution in [2.45, 2.75) is 24.9 Å². The molecule has 2 N–H and O–H groups in total. The fraction of sp³-hybridized carbons (Fsp3) is 0.261. The van der Waals surface area contributed by atoms with E-state index < -0.39 is 6.09 Å². The van der Waals surface area contributed by atoms with Crippen LogP contribution in [0, 0.1) is 6.92 Å². The highest BCUT2D eigenvalue weighted by Crippen LogP contribution is 2.37. The van der Waals surface area contributed by atoms with Gasteiger partial charge in [0, 0.05) is 18.3 Å². The van der Waals surface area contributed by atoms with Gasteiger partial charge in [0.2, 0.25) is 0 Å². The van der Waals surface area contributed by atoms with Crippen LogP contribution in [0.4, 0.5) is 10.6 Å². The molecule has 0 aliphatic heterocycles. The van der Waals surface area contributed by atoms with Crippen LogP contribution in [0.25, 0.3) is 11.0 Å². The van der Waals surface area contributed by atoms with Gasteiger partial charge in [-0.2, -0.15) is 5.10 Å². The van der Waals surface area contributed by atoms with E-state index >= 15 is 0 Å². The van der Waals surface area contributed by atoms with Crippen LogP contribution in [-0.2, 0) is 17.8 Å². The molecule has 0 saturated heterocycles. The second-order valence-electron chi connectivity index (χ2n) is 7.45. The van der Waals surface area contributed by atoms with E-state index in [0.717, 1.165) is 32.7 Å². The molecular weight excluding hydrogens is 458 g/mol. The molecule has 0 saturated carbocycles. The van der Waals surface area contributed by atoms with Gasteiger partial charge >= 0.3 is 6.09 Å². The molecule has 0 radical (unpaired) electrons. The molecule has 2 heterocycles. The number of anilines is 1. The van der Waals surface area contributed by atoms with Crippen LogP contribution in [0.5, 0.6) is 11.5 Å². The molecule has 34 heavy (non-hydrogen) atoms. The summed E-state index contributed by atoms with van der Waals surface area (Å²) in [4.78, 5) is 12.2. The van der Waals surface area contributed by atoms with Gasteiger partial charge < -0.3 is 28.8 Å². The Balaban J connectivity index is 1.51. The summed E-state index contributed by atoms with van der Waals surface area (Å²) in [6.45, 7) is 2.84. The molecule has 0 aliphatic carbocycles. The predicted molar refractivity (Wildman–Crippen MR) is 128 cm³/mol. The zero-order valence-electron chi connectivity index (χ0n) is 19.2. The molecule has 0 atom stereocenters. The Morgan fingerprint density at radius 2 is 1.94 bits per heavy atom. The number of alkyl carbamates (subject to hydrolysis) is 1. The number of carbonyl (C=O) groups excluding carboxylic acids is 1. The maximum Gasteiger partial charge on any atom is 0.407 e. The first-order chi connectivity index (χ1) is 16.5. The SMILES string of the molecule is COC(=O)NCc1cnn(Cc2cc(OC)c3c(NSc4cc(C)ccc4OC)noc3c2)c1. The topological polar surface area (TPSA) is 113 Å². The van der Waals surface area contributed by atoms with E-state index in [2.05, 4.69) is 25.0 Å². The van der Waals surface area contributed by atoms with Crippen LogP contribution in [-0.4, -0.2) is 42.4 Å². The quantitative estimate of drug-likeness (QED) is 0.335. The standard InChI is InChI=1S/C23H25N5O5S/c1-14-5-6-17(30-2)20(7-14)34-27-22-21-18(31-3)8-15(9-19(21)33-26-22)12-28-13-16(11-25-28)10-24-23(29)32-4/h5-9,11,13H,10,12H2,1-4H3,(H,24,29)(H,26,27). The minimum absolute atomic E-state index is 0.329. The number of rotatable bonds is 9. The van der Waals surface area contributed by atoms with Crippen molar-refractivity contribution >= 4 is 34.8 Å². The van der Waals surface area contributed by atoms with E-state index in [0.29, 0.717) is 30.2 Å². The third-order valence-electron chi connectivity index (χ3n) is 5.05. The van der Waals surface area contributed by atoms with E-state index in [4.69, 9.17) is 14.0 Å². The fourth-order valence-electron chi connectivity index (χ4n) is 3.40. The molecule has 178 valence electrons. The van der Waals surface area contributed by atoms with Crippen LogP contribution in [0.1, 0.15) is 16.7 Å². The Bertz CT molecular complexity index is 1300. The molecular formula is C23H25N5O5S. The maximum absolute atomic E-state index is 11.3. The Morgan fingerprint density at radius 1 is 1.12 bits per heavy atom. The lowest BCUT2D eigenvalue weighted by Gasteiger charge is -2.10. The lowest BCUT2D eigenvalue weighted by atomic mass is 10.1. The monoisotopic (exact) mass is 483 g/mol. The zero-order chi connectivity index (χ0) is 24.1. The maximum atomic E-state index is 11.3. The summed E-state index contributed by atoms with van der Waals surface area (Å²) in [5.41, 5.74) is 3.50. The first kappa shape index (κ1) is 23.3. The number of benzene rings is 2. The van der Waals surface area contributed by atoms with Crippen molar-refractivity contribution in [1.82, 2.24) is 20.3 Å². The molecule has 2 aromatic carbocycles. The molecule has 0 unspecified atom stereocenters. The lowest BCUT2D eigenvalue weighted by molar-refractivity contribution is 0.170. The molecule has 0 aliphatic rings. The van der Waals surface area contributed by atoms with E-state index in [1.807, 2.05) is 43.5 Å². The Labute approximate surface area is 200 Å². The number of nitrogens with zero attached hydrogens (tertiary/aromatic N) is 3. The predicted octanol–water partition coefficient (Wildman–Crippen LogP) is 4.37. The second kappa shape index (κ2) is 10.4. The smallest absolute Gasteiger partial charge is 0.407 e. The highest BCUT2D eigenvalue weighted by molar-refractivity contribution is 8.00. The summed E-state index contributed by atoms with van der Waals surface area (Å²) in [5, 5.41) is 11.9. The number of amides is 1. The van der Waals surface area contributed by atoms with Crippen LogP contribution in [0.3, 0.4) is 0 Å². The average Bonchev–Trinajstić information content (AvgIpc) is 3.47. The first-order valence-electron chi connectivity index (χ1n) is 10.4. The number of methoxy groups -OCH3 is 3.